The summed E-state index contributed by atoms with van der Waals surface area (Å²) in [4.78, 5) is 14.1. The van der Waals surface area contributed by atoms with Gasteiger partial charge in [-0.1, -0.05) is 66.7 Å². The lowest BCUT2D eigenvalue weighted by atomic mass is 10.1. The smallest absolute Gasteiger partial charge is 0.139 e. The molecule has 59 heavy (non-hydrogen) atoms. The predicted octanol–water partition coefficient (Wildman–Crippen LogP) is 15.7. The predicted molar refractivity (Wildman–Crippen MR) is 246 cm³/mol. The fraction of sp³-hybridized carbons (Fsp3) is 0. The van der Waals surface area contributed by atoms with Crippen molar-refractivity contribution in [2.45, 2.75) is 0 Å². The van der Waals surface area contributed by atoms with E-state index in [1.807, 2.05) is 77.5 Å². The van der Waals surface area contributed by atoms with Gasteiger partial charge < -0.3 is 13.7 Å². The summed E-state index contributed by atoms with van der Waals surface area (Å²) in [6.45, 7) is 0. The Labute approximate surface area is 346 Å². The molecule has 0 atom stereocenters. The van der Waals surface area contributed by atoms with E-state index in [0.717, 1.165) is 83.5 Å². The summed E-state index contributed by atoms with van der Waals surface area (Å²) in [6.07, 6.45) is 3.68. The highest BCUT2D eigenvalue weighted by atomic mass is 32.1. The number of hydrogen-bond acceptors (Lipinski definition) is 7. The minimum Gasteiger partial charge on any atom is -0.456 e. The van der Waals surface area contributed by atoms with Crippen molar-refractivity contribution in [1.29, 1.82) is 0 Å². The Balaban J connectivity index is 0.880. The Morgan fingerprint density at radius 2 is 0.915 bits per heavy atom. The SMILES string of the molecule is c1ccc(-c2cccc(N(c3ccc(-c4cc5sc(-c6ccc7oc8cc9oc%10ccccc%10c9cc8c7c6)cc5s4)cc3)c3cccc(-c4ccccn4)c3)c2)nc1. The molecule has 0 spiro atoms. The molecule has 0 saturated carbocycles. The Bertz CT molecular complexity index is 3390. The molecular weight excluding hydrogens is 763 g/mol. The van der Waals surface area contributed by atoms with Gasteiger partial charge in [-0.3, -0.25) is 9.97 Å². The van der Waals surface area contributed by atoms with Crippen LogP contribution >= 0.6 is 22.7 Å². The summed E-state index contributed by atoms with van der Waals surface area (Å²) < 4.78 is 15.0. The highest BCUT2D eigenvalue weighted by Gasteiger charge is 2.18. The van der Waals surface area contributed by atoms with Crippen LogP contribution in [0, 0.1) is 0 Å². The van der Waals surface area contributed by atoms with Crippen LogP contribution in [-0.2, 0) is 0 Å². The van der Waals surface area contributed by atoms with Gasteiger partial charge in [0, 0.05) is 87.3 Å². The molecule has 7 heteroatoms. The van der Waals surface area contributed by atoms with E-state index in [9.17, 15) is 0 Å². The Morgan fingerprint density at radius 3 is 1.56 bits per heavy atom. The van der Waals surface area contributed by atoms with Crippen molar-refractivity contribution in [3.05, 3.63) is 188 Å². The average molecular weight is 794 g/mol. The number of aromatic nitrogens is 2. The minimum atomic E-state index is 0.839. The topological polar surface area (TPSA) is 55.3 Å². The second kappa shape index (κ2) is 13.7. The molecule has 5 nitrogen and oxygen atoms in total. The summed E-state index contributed by atoms with van der Waals surface area (Å²) >= 11 is 3.67. The number of rotatable bonds is 7. The van der Waals surface area contributed by atoms with E-state index in [4.69, 9.17) is 8.83 Å². The van der Waals surface area contributed by atoms with Crippen LogP contribution in [-0.4, -0.2) is 9.97 Å². The van der Waals surface area contributed by atoms with Gasteiger partial charge >= 0.3 is 0 Å². The van der Waals surface area contributed by atoms with E-state index in [1.54, 1.807) is 0 Å². The first-order valence-corrected chi connectivity index (χ1v) is 21.1. The van der Waals surface area contributed by atoms with Crippen molar-refractivity contribution in [2.24, 2.45) is 0 Å². The molecule has 0 bridgehead atoms. The average Bonchev–Trinajstić information content (AvgIpc) is 4.07. The Kier molecular flexibility index (Phi) is 7.82. The van der Waals surface area contributed by atoms with E-state index in [0.29, 0.717) is 0 Å². The van der Waals surface area contributed by atoms with Gasteiger partial charge in [-0.25, -0.2) is 0 Å². The molecule has 0 N–H and O–H groups in total. The lowest BCUT2D eigenvalue weighted by Gasteiger charge is -2.26. The highest BCUT2D eigenvalue weighted by Crippen LogP contribution is 2.45. The fourth-order valence-corrected chi connectivity index (χ4v) is 10.6. The van der Waals surface area contributed by atoms with Crippen LogP contribution in [0.5, 0.6) is 0 Å². The zero-order valence-electron chi connectivity index (χ0n) is 31.4. The zero-order chi connectivity index (χ0) is 38.9. The van der Waals surface area contributed by atoms with Crippen LogP contribution < -0.4 is 4.90 Å². The van der Waals surface area contributed by atoms with Crippen LogP contribution in [0.15, 0.2) is 197 Å². The van der Waals surface area contributed by atoms with Gasteiger partial charge in [0.25, 0.3) is 0 Å². The largest absolute Gasteiger partial charge is 0.456 e. The second-order valence-electron chi connectivity index (χ2n) is 14.6. The highest BCUT2D eigenvalue weighted by molar-refractivity contribution is 7.31. The third-order valence-electron chi connectivity index (χ3n) is 11.0. The lowest BCUT2D eigenvalue weighted by molar-refractivity contribution is 0.656. The maximum Gasteiger partial charge on any atom is 0.139 e. The van der Waals surface area contributed by atoms with E-state index < -0.39 is 0 Å². The first-order valence-electron chi connectivity index (χ1n) is 19.4. The summed E-state index contributed by atoms with van der Waals surface area (Å²) in [6, 6.07) is 61.8. The number of furan rings is 2. The van der Waals surface area contributed by atoms with Gasteiger partial charge in [-0.2, -0.15) is 0 Å². The molecule has 0 aliphatic carbocycles. The standard InChI is InChI=1S/C52H31N3O2S2/c1-2-16-45-39(13-1)41-28-42-40-27-35(19-22-46(40)57-48(42)29-47(41)56-45)50-31-52-51(59-50)30-49(58-52)32-17-20-36(21-18-32)55(37-11-7-9-33(25-37)43-14-3-5-23-53-43)38-12-8-10-34(26-38)44-15-4-6-24-54-44/h1-31H. The summed E-state index contributed by atoms with van der Waals surface area (Å²) in [5.74, 6) is 0. The van der Waals surface area contributed by atoms with Crippen molar-refractivity contribution in [3.63, 3.8) is 0 Å². The van der Waals surface area contributed by atoms with Crippen molar-refractivity contribution < 1.29 is 8.83 Å². The van der Waals surface area contributed by atoms with Crippen LogP contribution in [0.2, 0.25) is 0 Å². The van der Waals surface area contributed by atoms with E-state index >= 15 is 0 Å². The number of hydrogen-bond donors (Lipinski definition) is 0. The summed E-state index contributed by atoms with van der Waals surface area (Å²) in [5.41, 5.74) is 13.0. The van der Waals surface area contributed by atoms with Crippen LogP contribution in [0.3, 0.4) is 0 Å². The van der Waals surface area contributed by atoms with Gasteiger partial charge in [-0.05, 0) is 114 Å². The number of fused-ring (bicyclic) bond motifs is 7. The fourth-order valence-electron chi connectivity index (χ4n) is 8.17. The van der Waals surface area contributed by atoms with Crippen molar-refractivity contribution in [3.8, 4) is 43.4 Å². The van der Waals surface area contributed by atoms with Gasteiger partial charge in [0.15, 0.2) is 0 Å². The van der Waals surface area contributed by atoms with Crippen LogP contribution in [0.1, 0.15) is 0 Å². The van der Waals surface area contributed by atoms with Crippen molar-refractivity contribution in [2.75, 3.05) is 4.90 Å². The maximum atomic E-state index is 6.31. The molecule has 0 unspecified atom stereocenters. The number of anilines is 3. The molecule has 6 aromatic carbocycles. The Hall–Kier alpha value is -7.32. The number of nitrogens with zero attached hydrogens (tertiary/aromatic N) is 3. The molecule has 6 heterocycles. The van der Waals surface area contributed by atoms with E-state index in [2.05, 4.69) is 148 Å². The van der Waals surface area contributed by atoms with Gasteiger partial charge in [0.1, 0.15) is 22.3 Å². The van der Waals surface area contributed by atoms with E-state index in [-0.39, 0.29) is 0 Å². The van der Waals surface area contributed by atoms with E-state index in [1.165, 1.54) is 30.3 Å². The molecule has 278 valence electrons. The number of thiophene rings is 2. The lowest BCUT2D eigenvalue weighted by Crippen LogP contribution is -2.10. The summed E-state index contributed by atoms with van der Waals surface area (Å²) in [5, 5.41) is 4.44. The second-order valence-corrected chi connectivity index (χ2v) is 16.8. The van der Waals surface area contributed by atoms with Crippen LogP contribution in [0.4, 0.5) is 17.1 Å². The normalized spacial score (nSPS) is 11.7. The number of para-hydroxylation sites is 1. The van der Waals surface area contributed by atoms with Gasteiger partial charge in [-0.15, -0.1) is 22.7 Å². The first-order chi connectivity index (χ1) is 29.2. The minimum absolute atomic E-state index is 0.839. The van der Waals surface area contributed by atoms with Gasteiger partial charge in [0.05, 0.1) is 11.4 Å². The number of pyridine rings is 2. The third kappa shape index (κ3) is 5.90. The zero-order valence-corrected chi connectivity index (χ0v) is 33.0. The molecular formula is C52H31N3O2S2. The Morgan fingerprint density at radius 1 is 0.356 bits per heavy atom. The molecule has 0 aliphatic rings. The summed E-state index contributed by atoms with van der Waals surface area (Å²) in [7, 11) is 0. The van der Waals surface area contributed by atoms with Gasteiger partial charge in [0.2, 0.25) is 0 Å². The quantitative estimate of drug-likeness (QED) is 0.161. The molecule has 0 amide bonds. The van der Waals surface area contributed by atoms with Crippen molar-refractivity contribution in [1.82, 2.24) is 9.97 Å². The maximum absolute atomic E-state index is 6.31. The molecule has 0 saturated heterocycles. The molecule has 0 radical (unpaired) electrons. The molecule has 0 fully saturated rings. The molecule has 12 aromatic rings. The van der Waals surface area contributed by atoms with Crippen LogP contribution in [0.25, 0.3) is 96.7 Å². The first kappa shape index (κ1) is 33.8. The monoisotopic (exact) mass is 793 g/mol. The molecule has 12 rings (SSSR count). The van der Waals surface area contributed by atoms with Crippen molar-refractivity contribution >= 4 is 93.0 Å². The molecule has 0 aliphatic heterocycles. The third-order valence-corrected chi connectivity index (χ3v) is 13.4. The molecule has 6 aromatic heterocycles. The number of benzene rings is 6.